The van der Waals surface area contributed by atoms with Gasteiger partial charge in [0.05, 0.1) is 19.3 Å². The van der Waals surface area contributed by atoms with E-state index in [0.29, 0.717) is 26.3 Å². The lowest BCUT2D eigenvalue weighted by Gasteiger charge is -2.33. The van der Waals surface area contributed by atoms with Gasteiger partial charge in [-0.2, -0.15) is 0 Å². The van der Waals surface area contributed by atoms with Gasteiger partial charge >= 0.3 is 0 Å². The number of hydrogen-bond acceptors (Lipinski definition) is 3. The maximum Gasteiger partial charge on any atom is 0.248 e. The van der Waals surface area contributed by atoms with Crippen molar-refractivity contribution in [1.29, 1.82) is 0 Å². The molecule has 0 bridgehead atoms. The van der Waals surface area contributed by atoms with E-state index in [1.54, 1.807) is 0 Å². The van der Waals surface area contributed by atoms with Crippen molar-refractivity contribution in [2.45, 2.75) is 19.1 Å². The van der Waals surface area contributed by atoms with Crippen molar-refractivity contribution in [2.75, 3.05) is 26.3 Å². The predicted molar refractivity (Wildman–Crippen MR) is 92.6 cm³/mol. The number of amides is 1. The molecule has 0 aromatic heterocycles. The van der Waals surface area contributed by atoms with Gasteiger partial charge in [0.25, 0.3) is 0 Å². The van der Waals surface area contributed by atoms with Crippen molar-refractivity contribution in [3.05, 3.63) is 71.8 Å². The number of rotatable bonds is 6. The van der Waals surface area contributed by atoms with E-state index in [-0.39, 0.29) is 18.6 Å². The van der Waals surface area contributed by atoms with Gasteiger partial charge in [-0.05, 0) is 11.1 Å². The quantitative estimate of drug-likeness (QED) is 0.820. The maximum atomic E-state index is 12.3. The summed E-state index contributed by atoms with van der Waals surface area (Å²) < 4.78 is 11.4. The maximum absolute atomic E-state index is 12.3. The third-order valence-corrected chi connectivity index (χ3v) is 4.13. The van der Waals surface area contributed by atoms with Crippen LogP contribution in [0.1, 0.15) is 11.1 Å². The van der Waals surface area contributed by atoms with E-state index in [4.69, 9.17) is 9.47 Å². The van der Waals surface area contributed by atoms with Gasteiger partial charge in [-0.3, -0.25) is 4.79 Å². The number of carbonyl (C=O) groups is 1. The molecule has 2 aromatic rings. The fourth-order valence-electron chi connectivity index (χ4n) is 2.87. The molecule has 1 saturated heterocycles. The van der Waals surface area contributed by atoms with Crippen molar-refractivity contribution < 1.29 is 14.3 Å². The Kier molecular flexibility index (Phi) is 5.99. The fourth-order valence-corrected chi connectivity index (χ4v) is 2.87. The number of morpholine rings is 1. The Morgan fingerprint density at radius 3 is 2.42 bits per heavy atom. The molecule has 1 fully saturated rings. The molecule has 1 atom stereocenters. The molecule has 4 nitrogen and oxygen atoms in total. The van der Waals surface area contributed by atoms with E-state index in [0.717, 1.165) is 12.0 Å². The first kappa shape index (κ1) is 16.7. The number of ether oxygens (including phenoxy) is 2. The highest BCUT2D eigenvalue weighted by atomic mass is 16.5. The Labute approximate surface area is 143 Å². The summed E-state index contributed by atoms with van der Waals surface area (Å²) in [7, 11) is 0. The van der Waals surface area contributed by atoms with E-state index >= 15 is 0 Å². The van der Waals surface area contributed by atoms with Crippen LogP contribution < -0.4 is 0 Å². The summed E-state index contributed by atoms with van der Waals surface area (Å²) in [6.07, 6.45) is 0.884. The van der Waals surface area contributed by atoms with Crippen LogP contribution in [0, 0.1) is 0 Å². The molecule has 1 aliphatic heterocycles. The summed E-state index contributed by atoms with van der Waals surface area (Å²) in [6, 6.07) is 20.1. The zero-order valence-electron chi connectivity index (χ0n) is 13.8. The second-order valence-electron chi connectivity index (χ2n) is 6.00. The second kappa shape index (κ2) is 8.62. The minimum Gasteiger partial charge on any atom is -0.374 e. The summed E-state index contributed by atoms with van der Waals surface area (Å²) in [5.41, 5.74) is 2.31. The van der Waals surface area contributed by atoms with Crippen molar-refractivity contribution >= 4 is 5.91 Å². The molecule has 0 N–H and O–H groups in total. The van der Waals surface area contributed by atoms with Gasteiger partial charge in [-0.15, -0.1) is 0 Å². The lowest BCUT2D eigenvalue weighted by molar-refractivity contribution is -0.144. The van der Waals surface area contributed by atoms with Crippen LogP contribution in [0.4, 0.5) is 0 Å². The monoisotopic (exact) mass is 325 g/mol. The van der Waals surface area contributed by atoms with Gasteiger partial charge in [-0.25, -0.2) is 0 Å². The largest absolute Gasteiger partial charge is 0.374 e. The molecule has 126 valence electrons. The molecule has 1 amide bonds. The smallest absolute Gasteiger partial charge is 0.248 e. The number of benzene rings is 2. The third-order valence-electron chi connectivity index (χ3n) is 4.13. The molecule has 3 rings (SSSR count). The minimum atomic E-state index is 0.0345. The molecule has 24 heavy (non-hydrogen) atoms. The first-order valence-corrected chi connectivity index (χ1v) is 8.36. The zero-order chi connectivity index (χ0) is 16.6. The van der Waals surface area contributed by atoms with Crippen LogP contribution in [-0.4, -0.2) is 43.2 Å². The van der Waals surface area contributed by atoms with Crippen molar-refractivity contribution in [2.24, 2.45) is 0 Å². The normalized spacial score (nSPS) is 17.7. The molecule has 0 aliphatic carbocycles. The number of hydrogen-bond donors (Lipinski definition) is 0. The van der Waals surface area contributed by atoms with Crippen LogP contribution in [0.3, 0.4) is 0 Å². The molecule has 4 heteroatoms. The van der Waals surface area contributed by atoms with Crippen LogP contribution in [0.5, 0.6) is 0 Å². The number of carbonyl (C=O) groups excluding carboxylic acids is 1. The van der Waals surface area contributed by atoms with Gasteiger partial charge in [0.15, 0.2) is 0 Å². The standard InChI is InChI=1S/C20H23NO3/c22-20(16-23-15-18-9-5-2-6-10-18)21-11-12-24-19(14-21)13-17-7-3-1-4-8-17/h1-10,19H,11-16H2. The Bertz CT molecular complexity index is 630. The lowest BCUT2D eigenvalue weighted by atomic mass is 10.1. The molecular formula is C20H23NO3. The average Bonchev–Trinajstić information content (AvgIpc) is 2.64. The van der Waals surface area contributed by atoms with Crippen LogP contribution in [0.2, 0.25) is 0 Å². The van der Waals surface area contributed by atoms with Gasteiger partial charge in [0.1, 0.15) is 6.61 Å². The summed E-state index contributed by atoms with van der Waals surface area (Å²) in [6.45, 7) is 2.43. The van der Waals surface area contributed by atoms with Crippen molar-refractivity contribution in [1.82, 2.24) is 4.90 Å². The van der Waals surface area contributed by atoms with Crippen molar-refractivity contribution in [3.63, 3.8) is 0 Å². The Morgan fingerprint density at radius 1 is 1.04 bits per heavy atom. The molecule has 0 radical (unpaired) electrons. The third kappa shape index (κ3) is 4.91. The molecule has 2 aromatic carbocycles. The highest BCUT2D eigenvalue weighted by molar-refractivity contribution is 5.77. The second-order valence-corrected chi connectivity index (χ2v) is 6.00. The summed E-state index contributed by atoms with van der Waals surface area (Å²) in [4.78, 5) is 14.2. The van der Waals surface area contributed by atoms with Crippen LogP contribution >= 0.6 is 0 Å². The lowest BCUT2D eigenvalue weighted by Crippen LogP contribution is -2.47. The molecule has 0 saturated carbocycles. The zero-order valence-corrected chi connectivity index (χ0v) is 13.8. The van der Waals surface area contributed by atoms with Gasteiger partial charge in [-0.1, -0.05) is 60.7 Å². The van der Waals surface area contributed by atoms with Crippen molar-refractivity contribution in [3.8, 4) is 0 Å². The van der Waals surface area contributed by atoms with Crippen LogP contribution in [-0.2, 0) is 27.3 Å². The average molecular weight is 325 g/mol. The van der Waals surface area contributed by atoms with E-state index in [2.05, 4.69) is 12.1 Å². The first-order valence-electron chi connectivity index (χ1n) is 8.36. The first-order chi connectivity index (χ1) is 11.8. The van der Waals surface area contributed by atoms with E-state index in [1.807, 2.05) is 53.4 Å². The Hall–Kier alpha value is -2.17. The highest BCUT2D eigenvalue weighted by Crippen LogP contribution is 2.12. The topological polar surface area (TPSA) is 38.8 Å². The van der Waals surface area contributed by atoms with Gasteiger partial charge < -0.3 is 14.4 Å². The summed E-state index contributed by atoms with van der Waals surface area (Å²) >= 11 is 0. The summed E-state index contributed by atoms with van der Waals surface area (Å²) in [5, 5.41) is 0. The van der Waals surface area contributed by atoms with E-state index in [9.17, 15) is 4.79 Å². The van der Waals surface area contributed by atoms with E-state index < -0.39 is 0 Å². The molecule has 1 aliphatic rings. The molecule has 1 unspecified atom stereocenters. The molecule has 1 heterocycles. The molecule has 0 spiro atoms. The molecular weight excluding hydrogens is 302 g/mol. The van der Waals surface area contributed by atoms with Crippen LogP contribution in [0.15, 0.2) is 60.7 Å². The summed E-state index contributed by atoms with van der Waals surface area (Å²) in [5.74, 6) is 0.0345. The predicted octanol–water partition coefficient (Wildman–Crippen LogP) is 2.67. The highest BCUT2D eigenvalue weighted by Gasteiger charge is 2.24. The van der Waals surface area contributed by atoms with E-state index in [1.165, 1.54) is 5.56 Å². The SMILES string of the molecule is O=C(COCc1ccccc1)N1CCOC(Cc2ccccc2)C1. The Morgan fingerprint density at radius 2 is 1.71 bits per heavy atom. The minimum absolute atomic E-state index is 0.0345. The Balaban J connectivity index is 1.44. The van der Waals surface area contributed by atoms with Crippen LogP contribution in [0.25, 0.3) is 0 Å². The number of nitrogens with zero attached hydrogens (tertiary/aromatic N) is 1. The fraction of sp³-hybridized carbons (Fsp3) is 0.350. The van der Waals surface area contributed by atoms with Gasteiger partial charge in [0, 0.05) is 19.5 Å². The van der Waals surface area contributed by atoms with Gasteiger partial charge in [0.2, 0.25) is 5.91 Å².